The number of likely N-dealkylation sites (N-methyl/N-ethyl adjacent to an activating group) is 1. The zero-order valence-corrected chi connectivity index (χ0v) is 10.1. The van der Waals surface area contributed by atoms with Crippen molar-refractivity contribution in [3.05, 3.63) is 0 Å². The Balaban J connectivity index is 2.42. The van der Waals surface area contributed by atoms with Gasteiger partial charge in [0.15, 0.2) is 0 Å². The maximum Gasteiger partial charge on any atom is 0.239 e. The molecule has 0 spiro atoms. The van der Waals surface area contributed by atoms with Gasteiger partial charge in [-0.25, -0.2) is 0 Å². The van der Waals surface area contributed by atoms with E-state index in [9.17, 15) is 4.79 Å². The molecular weight excluding hydrogens is 190 g/mol. The van der Waals surface area contributed by atoms with E-state index < -0.39 is 0 Å². The first-order chi connectivity index (χ1) is 7.06. The van der Waals surface area contributed by atoms with Crippen molar-refractivity contribution in [2.24, 2.45) is 5.73 Å². The van der Waals surface area contributed by atoms with Crippen molar-refractivity contribution >= 4 is 5.91 Å². The molecule has 1 saturated heterocycles. The monoisotopic (exact) mass is 213 g/mol. The van der Waals surface area contributed by atoms with Gasteiger partial charge in [-0.1, -0.05) is 13.3 Å². The Hall–Kier alpha value is -0.610. The number of hydrogen-bond acceptors (Lipinski definition) is 3. The molecule has 2 N–H and O–H groups in total. The third-order valence-corrected chi connectivity index (χ3v) is 3.12. The molecule has 0 bridgehead atoms. The quantitative estimate of drug-likeness (QED) is 0.729. The standard InChI is InChI=1S/C11H23N3O/c1-4-5-10(12)11(15)14-7-6-9(8-14)13(2)3/h9-10H,4-8,12H2,1-3H3/t9?,10-/m1/s1. The van der Waals surface area contributed by atoms with Crippen molar-refractivity contribution < 1.29 is 4.79 Å². The molecule has 0 aromatic carbocycles. The summed E-state index contributed by atoms with van der Waals surface area (Å²) in [5.41, 5.74) is 5.82. The van der Waals surface area contributed by atoms with Crippen molar-refractivity contribution in [2.75, 3.05) is 27.2 Å². The SMILES string of the molecule is CCC[C@@H](N)C(=O)N1CCC(N(C)C)C1. The molecule has 0 aromatic rings. The Morgan fingerprint density at radius 2 is 2.27 bits per heavy atom. The zero-order chi connectivity index (χ0) is 11.4. The van der Waals surface area contributed by atoms with Crippen LogP contribution in [0.5, 0.6) is 0 Å². The van der Waals surface area contributed by atoms with Crippen LogP contribution in [0.25, 0.3) is 0 Å². The van der Waals surface area contributed by atoms with Crippen LogP contribution >= 0.6 is 0 Å². The predicted octanol–water partition coefficient (Wildman–Crippen LogP) is 0.276. The molecule has 0 aliphatic carbocycles. The van der Waals surface area contributed by atoms with Crippen molar-refractivity contribution in [3.63, 3.8) is 0 Å². The lowest BCUT2D eigenvalue weighted by molar-refractivity contribution is -0.131. The Morgan fingerprint density at radius 3 is 2.73 bits per heavy atom. The molecule has 1 rings (SSSR count). The Bertz CT molecular complexity index is 218. The van der Waals surface area contributed by atoms with E-state index in [1.165, 1.54) is 0 Å². The molecule has 1 heterocycles. The lowest BCUT2D eigenvalue weighted by Crippen LogP contribution is -2.43. The fourth-order valence-electron chi connectivity index (χ4n) is 2.03. The van der Waals surface area contributed by atoms with Crippen molar-refractivity contribution in [1.82, 2.24) is 9.80 Å². The molecule has 1 amide bonds. The fraction of sp³-hybridized carbons (Fsp3) is 0.909. The van der Waals surface area contributed by atoms with Crippen LogP contribution in [0.15, 0.2) is 0 Å². The summed E-state index contributed by atoms with van der Waals surface area (Å²) in [4.78, 5) is 16.0. The number of hydrogen-bond donors (Lipinski definition) is 1. The maximum atomic E-state index is 11.9. The summed E-state index contributed by atoms with van der Waals surface area (Å²) in [5.74, 6) is 0.126. The molecule has 4 heteroatoms. The van der Waals surface area contributed by atoms with E-state index in [1.807, 2.05) is 4.90 Å². The number of rotatable bonds is 4. The van der Waals surface area contributed by atoms with Gasteiger partial charge in [-0.15, -0.1) is 0 Å². The first kappa shape index (κ1) is 12.5. The van der Waals surface area contributed by atoms with E-state index in [4.69, 9.17) is 5.73 Å². The summed E-state index contributed by atoms with van der Waals surface area (Å²) in [6.45, 7) is 3.75. The minimum Gasteiger partial charge on any atom is -0.340 e. The van der Waals surface area contributed by atoms with Gasteiger partial charge in [0.2, 0.25) is 5.91 Å². The average molecular weight is 213 g/mol. The summed E-state index contributed by atoms with van der Waals surface area (Å²) in [6, 6.07) is 0.207. The van der Waals surface area contributed by atoms with Crippen LogP contribution in [0.4, 0.5) is 0 Å². The highest BCUT2D eigenvalue weighted by Crippen LogP contribution is 2.14. The van der Waals surface area contributed by atoms with E-state index in [1.54, 1.807) is 0 Å². The van der Waals surface area contributed by atoms with Gasteiger partial charge in [0.25, 0.3) is 0 Å². The Morgan fingerprint density at radius 1 is 1.60 bits per heavy atom. The second kappa shape index (κ2) is 5.47. The molecule has 2 atom stereocenters. The second-order valence-electron chi connectivity index (χ2n) is 4.59. The minimum absolute atomic E-state index is 0.126. The predicted molar refractivity (Wildman–Crippen MR) is 61.6 cm³/mol. The molecular formula is C11H23N3O. The van der Waals surface area contributed by atoms with Gasteiger partial charge in [-0.05, 0) is 26.9 Å². The first-order valence-electron chi connectivity index (χ1n) is 5.77. The maximum absolute atomic E-state index is 11.9. The van der Waals surface area contributed by atoms with E-state index >= 15 is 0 Å². The molecule has 4 nitrogen and oxygen atoms in total. The minimum atomic E-state index is -0.295. The lowest BCUT2D eigenvalue weighted by atomic mass is 10.1. The summed E-state index contributed by atoms with van der Waals surface area (Å²) < 4.78 is 0. The first-order valence-corrected chi connectivity index (χ1v) is 5.77. The number of carbonyl (C=O) groups is 1. The molecule has 0 aromatic heterocycles. The Labute approximate surface area is 92.4 Å². The smallest absolute Gasteiger partial charge is 0.239 e. The summed E-state index contributed by atoms with van der Waals surface area (Å²) in [7, 11) is 4.12. The molecule has 88 valence electrons. The highest BCUT2D eigenvalue weighted by Gasteiger charge is 2.29. The van der Waals surface area contributed by atoms with E-state index in [0.29, 0.717) is 6.04 Å². The fourth-order valence-corrected chi connectivity index (χ4v) is 2.03. The molecule has 1 unspecified atom stereocenters. The van der Waals surface area contributed by atoms with Gasteiger partial charge in [-0.2, -0.15) is 0 Å². The van der Waals surface area contributed by atoms with Gasteiger partial charge in [0.05, 0.1) is 6.04 Å². The molecule has 1 aliphatic heterocycles. The molecule has 0 saturated carbocycles. The number of nitrogens with two attached hydrogens (primary N) is 1. The topological polar surface area (TPSA) is 49.6 Å². The summed E-state index contributed by atoms with van der Waals surface area (Å²) >= 11 is 0. The second-order valence-corrected chi connectivity index (χ2v) is 4.59. The highest BCUT2D eigenvalue weighted by atomic mass is 16.2. The van der Waals surface area contributed by atoms with E-state index in [0.717, 1.165) is 32.4 Å². The van der Waals surface area contributed by atoms with Crippen LogP contribution in [0.2, 0.25) is 0 Å². The number of amides is 1. The van der Waals surface area contributed by atoms with Crippen LogP contribution < -0.4 is 5.73 Å². The van der Waals surface area contributed by atoms with Crippen LogP contribution in [0, 0.1) is 0 Å². The van der Waals surface area contributed by atoms with Gasteiger partial charge in [0.1, 0.15) is 0 Å². The zero-order valence-electron chi connectivity index (χ0n) is 10.1. The lowest BCUT2D eigenvalue weighted by Gasteiger charge is -2.22. The average Bonchev–Trinajstić information content (AvgIpc) is 2.65. The molecule has 0 radical (unpaired) electrons. The largest absolute Gasteiger partial charge is 0.340 e. The van der Waals surface area contributed by atoms with Crippen molar-refractivity contribution in [3.8, 4) is 0 Å². The summed E-state index contributed by atoms with van der Waals surface area (Å²) in [5, 5.41) is 0. The van der Waals surface area contributed by atoms with Gasteiger partial charge < -0.3 is 15.5 Å². The normalized spacial score (nSPS) is 23.5. The third kappa shape index (κ3) is 3.18. The highest BCUT2D eigenvalue weighted by molar-refractivity contribution is 5.81. The van der Waals surface area contributed by atoms with Gasteiger partial charge in [0, 0.05) is 19.1 Å². The van der Waals surface area contributed by atoms with Gasteiger partial charge >= 0.3 is 0 Å². The van der Waals surface area contributed by atoms with E-state index in [2.05, 4.69) is 25.9 Å². The van der Waals surface area contributed by atoms with Crippen LogP contribution in [-0.2, 0) is 4.79 Å². The summed E-state index contributed by atoms with van der Waals surface area (Å²) in [6.07, 6.45) is 2.83. The number of likely N-dealkylation sites (tertiary alicyclic amines) is 1. The molecule has 15 heavy (non-hydrogen) atoms. The molecule has 1 fully saturated rings. The van der Waals surface area contributed by atoms with Gasteiger partial charge in [-0.3, -0.25) is 4.79 Å². The molecule has 1 aliphatic rings. The van der Waals surface area contributed by atoms with Crippen LogP contribution in [-0.4, -0.2) is 55.0 Å². The Kier molecular flexibility index (Phi) is 4.54. The number of carbonyl (C=O) groups excluding carboxylic acids is 1. The van der Waals surface area contributed by atoms with Crippen molar-refractivity contribution in [2.45, 2.75) is 38.3 Å². The van der Waals surface area contributed by atoms with Crippen LogP contribution in [0.3, 0.4) is 0 Å². The third-order valence-electron chi connectivity index (χ3n) is 3.12. The van der Waals surface area contributed by atoms with E-state index in [-0.39, 0.29) is 11.9 Å². The van der Waals surface area contributed by atoms with Crippen LogP contribution in [0.1, 0.15) is 26.2 Å². The number of nitrogens with zero attached hydrogens (tertiary/aromatic N) is 2. The van der Waals surface area contributed by atoms with Crippen molar-refractivity contribution in [1.29, 1.82) is 0 Å².